The first-order valence-electron chi connectivity index (χ1n) is 6.86. The van der Waals surface area contributed by atoms with Crippen LogP contribution in [0.3, 0.4) is 0 Å². The van der Waals surface area contributed by atoms with Crippen LogP contribution in [0.15, 0.2) is 28.8 Å². The fourth-order valence-electron chi connectivity index (χ4n) is 2.07. The molecule has 2 aromatic rings. The van der Waals surface area contributed by atoms with Crippen molar-refractivity contribution >= 4 is 11.6 Å². The second-order valence-electron chi connectivity index (χ2n) is 5.07. The molecule has 1 heterocycles. The lowest BCUT2D eigenvalue weighted by atomic mass is 10.2. The first-order chi connectivity index (χ1) is 9.72. The van der Waals surface area contributed by atoms with Gasteiger partial charge >= 0.3 is 0 Å². The van der Waals surface area contributed by atoms with Crippen LogP contribution in [0.4, 0.5) is 4.39 Å². The number of hydrogen-bond acceptors (Lipinski definition) is 3. The number of nitrogens with one attached hydrogen (secondary N) is 1. The Morgan fingerprint density at radius 3 is 3.00 bits per heavy atom. The third-order valence-electron chi connectivity index (χ3n) is 3.33. The highest BCUT2D eigenvalue weighted by Gasteiger charge is 2.19. The molecule has 3 rings (SSSR count). The molecule has 1 aliphatic carbocycles. The van der Waals surface area contributed by atoms with Crippen LogP contribution >= 0.6 is 11.6 Å². The Balaban J connectivity index is 1.60. The fraction of sp³-hybridized carbons (Fsp3) is 0.400. The van der Waals surface area contributed by atoms with E-state index in [0.717, 1.165) is 25.4 Å². The van der Waals surface area contributed by atoms with E-state index in [2.05, 4.69) is 10.3 Å². The molecule has 0 bridgehead atoms. The summed E-state index contributed by atoms with van der Waals surface area (Å²) >= 11 is 5.73. The summed E-state index contributed by atoms with van der Waals surface area (Å²) in [5.74, 6) is 0.701. The van der Waals surface area contributed by atoms with Gasteiger partial charge in [-0.2, -0.15) is 0 Å². The molecular weight excluding hydrogens is 279 g/mol. The van der Waals surface area contributed by atoms with Crippen molar-refractivity contribution in [3.05, 3.63) is 41.1 Å². The van der Waals surface area contributed by atoms with Gasteiger partial charge in [0, 0.05) is 17.5 Å². The van der Waals surface area contributed by atoms with Gasteiger partial charge in [0.25, 0.3) is 0 Å². The van der Waals surface area contributed by atoms with Crippen molar-refractivity contribution in [3.8, 4) is 11.3 Å². The predicted molar refractivity (Wildman–Crippen MR) is 76.3 cm³/mol. The SMILES string of the molecule is Fc1cc(Cl)ccc1-c1cnc(CCCNC2CC2)o1. The molecule has 5 heteroatoms. The Morgan fingerprint density at radius 2 is 2.25 bits per heavy atom. The molecule has 0 radical (unpaired) electrons. The third kappa shape index (κ3) is 3.38. The van der Waals surface area contributed by atoms with Crippen molar-refractivity contribution in [1.82, 2.24) is 10.3 Å². The maximum Gasteiger partial charge on any atom is 0.194 e. The van der Waals surface area contributed by atoms with Crippen molar-refractivity contribution in [2.24, 2.45) is 0 Å². The molecular formula is C15H16ClFN2O. The Kier molecular flexibility index (Phi) is 4.03. The van der Waals surface area contributed by atoms with Gasteiger partial charge in [-0.1, -0.05) is 11.6 Å². The molecule has 1 aliphatic rings. The number of rotatable bonds is 6. The van der Waals surface area contributed by atoms with E-state index < -0.39 is 5.82 Å². The Labute approximate surface area is 122 Å². The first kappa shape index (κ1) is 13.6. The van der Waals surface area contributed by atoms with Crippen molar-refractivity contribution in [2.75, 3.05) is 6.54 Å². The molecule has 1 aromatic carbocycles. The summed E-state index contributed by atoms with van der Waals surface area (Å²) in [5, 5.41) is 3.81. The van der Waals surface area contributed by atoms with Crippen LogP contribution in [0, 0.1) is 5.82 Å². The molecule has 20 heavy (non-hydrogen) atoms. The lowest BCUT2D eigenvalue weighted by Gasteiger charge is -2.01. The highest BCUT2D eigenvalue weighted by Crippen LogP contribution is 2.26. The minimum atomic E-state index is -0.393. The molecule has 0 spiro atoms. The maximum absolute atomic E-state index is 13.8. The molecule has 0 saturated heterocycles. The second kappa shape index (κ2) is 5.94. The molecule has 1 fully saturated rings. The van der Waals surface area contributed by atoms with Gasteiger partial charge in [-0.15, -0.1) is 0 Å². The van der Waals surface area contributed by atoms with Crippen LogP contribution in [0.5, 0.6) is 0 Å². The monoisotopic (exact) mass is 294 g/mol. The number of nitrogens with zero attached hydrogens (tertiary/aromatic N) is 1. The van der Waals surface area contributed by atoms with Gasteiger partial charge in [0.15, 0.2) is 11.7 Å². The normalized spacial score (nSPS) is 14.7. The number of aryl methyl sites for hydroxylation is 1. The van der Waals surface area contributed by atoms with E-state index in [1.54, 1.807) is 18.3 Å². The first-order valence-corrected chi connectivity index (χ1v) is 7.23. The van der Waals surface area contributed by atoms with Gasteiger partial charge in [-0.3, -0.25) is 0 Å². The largest absolute Gasteiger partial charge is 0.441 e. The lowest BCUT2D eigenvalue weighted by Crippen LogP contribution is -2.17. The highest BCUT2D eigenvalue weighted by atomic mass is 35.5. The average molecular weight is 295 g/mol. The lowest BCUT2D eigenvalue weighted by molar-refractivity contribution is 0.488. The van der Waals surface area contributed by atoms with Crippen molar-refractivity contribution in [3.63, 3.8) is 0 Å². The number of aromatic nitrogens is 1. The van der Waals surface area contributed by atoms with Gasteiger partial charge in [-0.05, 0) is 44.0 Å². The summed E-state index contributed by atoms with van der Waals surface area (Å²) < 4.78 is 19.4. The summed E-state index contributed by atoms with van der Waals surface area (Å²) in [5.41, 5.74) is 0.393. The predicted octanol–water partition coefficient (Wildman–Crippen LogP) is 3.82. The third-order valence-corrected chi connectivity index (χ3v) is 3.56. The van der Waals surface area contributed by atoms with Crippen LogP contribution in [0.25, 0.3) is 11.3 Å². The fourth-order valence-corrected chi connectivity index (χ4v) is 2.23. The Morgan fingerprint density at radius 1 is 1.40 bits per heavy atom. The molecule has 0 aliphatic heterocycles. The Bertz CT molecular complexity index is 595. The molecule has 0 unspecified atom stereocenters. The van der Waals surface area contributed by atoms with E-state index in [1.165, 1.54) is 18.9 Å². The van der Waals surface area contributed by atoms with E-state index >= 15 is 0 Å². The summed E-state index contributed by atoms with van der Waals surface area (Å²) in [6.45, 7) is 0.970. The van der Waals surface area contributed by atoms with Crippen LogP contribution < -0.4 is 5.32 Å². The van der Waals surface area contributed by atoms with Crippen LogP contribution in [-0.4, -0.2) is 17.6 Å². The Hall–Kier alpha value is -1.39. The minimum Gasteiger partial charge on any atom is -0.441 e. The number of benzene rings is 1. The maximum atomic E-state index is 13.8. The molecule has 0 amide bonds. The number of oxazole rings is 1. The van der Waals surface area contributed by atoms with Crippen LogP contribution in [-0.2, 0) is 6.42 Å². The number of hydrogen-bond donors (Lipinski definition) is 1. The van der Waals surface area contributed by atoms with Crippen LogP contribution in [0.1, 0.15) is 25.2 Å². The van der Waals surface area contributed by atoms with Gasteiger partial charge in [0.1, 0.15) is 5.82 Å². The van der Waals surface area contributed by atoms with Crippen molar-refractivity contribution in [2.45, 2.75) is 31.7 Å². The molecule has 1 aromatic heterocycles. The van der Waals surface area contributed by atoms with Crippen molar-refractivity contribution in [1.29, 1.82) is 0 Å². The molecule has 106 valence electrons. The minimum absolute atomic E-state index is 0.372. The van der Waals surface area contributed by atoms with Gasteiger partial charge < -0.3 is 9.73 Å². The van der Waals surface area contributed by atoms with E-state index in [-0.39, 0.29) is 0 Å². The zero-order valence-electron chi connectivity index (χ0n) is 11.0. The van der Waals surface area contributed by atoms with E-state index in [4.69, 9.17) is 16.0 Å². The zero-order chi connectivity index (χ0) is 13.9. The quantitative estimate of drug-likeness (QED) is 0.823. The standard InChI is InChI=1S/C15H16ClFN2O/c16-10-3-6-12(13(17)8-10)14-9-19-15(20-14)2-1-7-18-11-4-5-11/h3,6,8-9,11,18H,1-2,4-5,7H2. The van der Waals surface area contributed by atoms with Gasteiger partial charge in [0.2, 0.25) is 0 Å². The molecule has 1 saturated carbocycles. The number of halogens is 2. The summed E-state index contributed by atoms with van der Waals surface area (Å²) in [6.07, 6.45) is 5.88. The van der Waals surface area contributed by atoms with E-state index in [0.29, 0.717) is 22.2 Å². The average Bonchev–Trinajstić information content (AvgIpc) is 3.13. The molecule has 1 N–H and O–H groups in total. The van der Waals surface area contributed by atoms with E-state index in [9.17, 15) is 4.39 Å². The summed E-state index contributed by atoms with van der Waals surface area (Å²) in [6, 6.07) is 5.25. The molecule has 3 nitrogen and oxygen atoms in total. The summed E-state index contributed by atoms with van der Waals surface area (Å²) in [7, 11) is 0. The van der Waals surface area contributed by atoms with Gasteiger partial charge in [0.05, 0.1) is 11.8 Å². The highest BCUT2D eigenvalue weighted by molar-refractivity contribution is 6.30. The second-order valence-corrected chi connectivity index (χ2v) is 5.51. The van der Waals surface area contributed by atoms with E-state index in [1.807, 2.05) is 0 Å². The topological polar surface area (TPSA) is 38.1 Å². The summed E-state index contributed by atoms with van der Waals surface area (Å²) in [4.78, 5) is 4.19. The smallest absolute Gasteiger partial charge is 0.194 e. The van der Waals surface area contributed by atoms with Gasteiger partial charge in [-0.25, -0.2) is 9.37 Å². The zero-order valence-corrected chi connectivity index (χ0v) is 11.8. The van der Waals surface area contributed by atoms with Crippen molar-refractivity contribution < 1.29 is 8.81 Å². The molecule has 0 atom stereocenters. The van der Waals surface area contributed by atoms with Crippen LogP contribution in [0.2, 0.25) is 5.02 Å².